The Labute approximate surface area is 215 Å². The Kier molecular flexibility index (Phi) is 6.16. The van der Waals surface area contributed by atoms with Crippen molar-refractivity contribution >= 4 is 17.5 Å². The van der Waals surface area contributed by atoms with Gasteiger partial charge < -0.3 is 19.4 Å². The molecule has 0 spiro atoms. The summed E-state index contributed by atoms with van der Waals surface area (Å²) >= 11 is 6.07. The van der Waals surface area contributed by atoms with Crippen molar-refractivity contribution in [3.63, 3.8) is 0 Å². The molecule has 1 aromatic heterocycles. The van der Waals surface area contributed by atoms with E-state index in [0.29, 0.717) is 24.4 Å². The SMILES string of the molecule is O=C(CCc1cc2c(n1-c1ccc3c(c1)OCO3)-c1ccccc1CC2)NCCc1cccc(Cl)c1. The minimum absolute atomic E-state index is 0.0498. The van der Waals surface area contributed by atoms with E-state index in [1.165, 1.54) is 22.4 Å². The first-order valence-electron chi connectivity index (χ1n) is 12.4. The highest BCUT2D eigenvalue weighted by molar-refractivity contribution is 6.30. The molecule has 1 amide bonds. The Morgan fingerprint density at radius 2 is 1.75 bits per heavy atom. The largest absolute Gasteiger partial charge is 0.454 e. The fourth-order valence-electron chi connectivity index (χ4n) is 5.22. The number of carbonyl (C=O) groups is 1. The van der Waals surface area contributed by atoms with Crippen LogP contribution in [0.4, 0.5) is 0 Å². The number of halogens is 1. The van der Waals surface area contributed by atoms with Crippen molar-refractivity contribution in [3.8, 4) is 28.4 Å². The van der Waals surface area contributed by atoms with Crippen LogP contribution in [0.2, 0.25) is 5.02 Å². The van der Waals surface area contributed by atoms with Gasteiger partial charge in [0.15, 0.2) is 11.5 Å². The van der Waals surface area contributed by atoms with Gasteiger partial charge in [-0.2, -0.15) is 0 Å². The highest BCUT2D eigenvalue weighted by Crippen LogP contribution is 2.40. The van der Waals surface area contributed by atoms with Crippen molar-refractivity contribution in [2.24, 2.45) is 0 Å². The fraction of sp³-hybridized carbons (Fsp3) is 0.233. The lowest BCUT2D eigenvalue weighted by atomic mass is 9.90. The molecular formula is C30H27ClN2O3. The molecule has 6 rings (SSSR count). The molecule has 5 nitrogen and oxygen atoms in total. The summed E-state index contributed by atoms with van der Waals surface area (Å²) in [6, 6.07) is 24.7. The molecule has 4 aromatic rings. The lowest BCUT2D eigenvalue weighted by Gasteiger charge is -2.21. The maximum atomic E-state index is 12.7. The van der Waals surface area contributed by atoms with E-state index >= 15 is 0 Å². The average Bonchev–Trinajstić information content (AvgIpc) is 3.51. The van der Waals surface area contributed by atoms with Gasteiger partial charge in [-0.25, -0.2) is 0 Å². The van der Waals surface area contributed by atoms with Crippen LogP contribution >= 0.6 is 11.6 Å². The molecule has 2 aliphatic rings. The van der Waals surface area contributed by atoms with E-state index in [4.69, 9.17) is 21.1 Å². The second kappa shape index (κ2) is 9.75. The molecule has 0 saturated heterocycles. The van der Waals surface area contributed by atoms with E-state index in [-0.39, 0.29) is 12.7 Å². The number of nitrogens with one attached hydrogen (secondary N) is 1. The van der Waals surface area contributed by atoms with Crippen LogP contribution in [0.1, 0.15) is 28.8 Å². The summed E-state index contributed by atoms with van der Waals surface area (Å²) < 4.78 is 13.5. The molecular weight excluding hydrogens is 472 g/mol. The van der Waals surface area contributed by atoms with Crippen LogP contribution in [0, 0.1) is 0 Å². The number of aryl methyl sites for hydroxylation is 3. The number of carbonyl (C=O) groups excluding carboxylic acids is 1. The number of fused-ring (bicyclic) bond motifs is 4. The Morgan fingerprint density at radius 3 is 2.67 bits per heavy atom. The summed E-state index contributed by atoms with van der Waals surface area (Å²) in [6.45, 7) is 0.833. The molecule has 3 aromatic carbocycles. The van der Waals surface area contributed by atoms with Gasteiger partial charge in [0, 0.05) is 41.0 Å². The number of rotatable bonds is 7. The number of ether oxygens (including phenoxy) is 2. The molecule has 0 atom stereocenters. The number of aromatic nitrogens is 1. The standard InChI is InChI=1S/C30H27ClN2O3/c31-23-6-3-4-20(16-23)14-15-32-29(34)13-11-24-17-22-9-8-21-5-1-2-7-26(21)30(22)33(24)25-10-12-27-28(18-25)36-19-35-27/h1-7,10,12,16-18H,8-9,11,13-15,19H2,(H,32,34). The minimum Gasteiger partial charge on any atom is -0.454 e. The molecule has 1 aliphatic heterocycles. The summed E-state index contributed by atoms with van der Waals surface area (Å²) in [7, 11) is 0. The number of nitrogens with zero attached hydrogens (tertiary/aromatic N) is 1. The van der Waals surface area contributed by atoms with Gasteiger partial charge in [0.25, 0.3) is 0 Å². The van der Waals surface area contributed by atoms with Crippen molar-refractivity contribution in [1.82, 2.24) is 9.88 Å². The molecule has 0 fully saturated rings. The van der Waals surface area contributed by atoms with Crippen molar-refractivity contribution in [2.45, 2.75) is 32.1 Å². The van der Waals surface area contributed by atoms with Crippen molar-refractivity contribution in [2.75, 3.05) is 13.3 Å². The molecule has 36 heavy (non-hydrogen) atoms. The smallest absolute Gasteiger partial charge is 0.231 e. The van der Waals surface area contributed by atoms with Crippen molar-refractivity contribution < 1.29 is 14.3 Å². The Hall–Kier alpha value is -3.70. The molecule has 182 valence electrons. The number of hydrogen-bond acceptors (Lipinski definition) is 3. The van der Waals surface area contributed by atoms with Gasteiger partial charge in [-0.05, 0) is 72.7 Å². The molecule has 0 radical (unpaired) electrons. The summed E-state index contributed by atoms with van der Waals surface area (Å²) in [5.41, 5.74) is 8.42. The predicted molar refractivity (Wildman–Crippen MR) is 141 cm³/mol. The molecule has 2 heterocycles. The van der Waals surface area contributed by atoms with Gasteiger partial charge in [0.05, 0.1) is 5.69 Å². The maximum Gasteiger partial charge on any atom is 0.231 e. The van der Waals surface area contributed by atoms with Crippen LogP contribution in [0.5, 0.6) is 11.5 Å². The topological polar surface area (TPSA) is 52.5 Å². The van der Waals surface area contributed by atoms with Gasteiger partial charge >= 0.3 is 0 Å². The zero-order chi connectivity index (χ0) is 24.5. The highest BCUT2D eigenvalue weighted by Gasteiger charge is 2.25. The predicted octanol–water partition coefficient (Wildman–Crippen LogP) is 5.92. The van der Waals surface area contributed by atoms with E-state index in [2.05, 4.69) is 46.3 Å². The average molecular weight is 499 g/mol. The van der Waals surface area contributed by atoms with Crippen LogP contribution in [0.3, 0.4) is 0 Å². The van der Waals surface area contributed by atoms with Crippen LogP contribution in [0.15, 0.2) is 72.8 Å². The molecule has 1 N–H and O–H groups in total. The zero-order valence-electron chi connectivity index (χ0n) is 19.9. The molecule has 1 aliphatic carbocycles. The van der Waals surface area contributed by atoms with Crippen LogP contribution in [-0.2, 0) is 30.5 Å². The number of hydrogen-bond donors (Lipinski definition) is 1. The van der Waals surface area contributed by atoms with Gasteiger partial charge in [-0.1, -0.05) is 48.0 Å². The molecule has 0 bridgehead atoms. The Balaban J connectivity index is 1.25. The van der Waals surface area contributed by atoms with Crippen molar-refractivity contribution in [3.05, 3.63) is 100 Å². The van der Waals surface area contributed by atoms with E-state index < -0.39 is 0 Å². The first-order chi connectivity index (χ1) is 17.7. The van der Waals surface area contributed by atoms with E-state index in [1.54, 1.807) is 0 Å². The first-order valence-corrected chi connectivity index (χ1v) is 12.8. The third kappa shape index (κ3) is 4.47. The van der Waals surface area contributed by atoms with Gasteiger partial charge in [0.1, 0.15) is 0 Å². The molecule has 0 saturated carbocycles. The van der Waals surface area contributed by atoms with E-state index in [1.807, 2.05) is 36.4 Å². The summed E-state index contributed by atoms with van der Waals surface area (Å²) in [6.07, 6.45) is 3.84. The summed E-state index contributed by atoms with van der Waals surface area (Å²) in [5.74, 6) is 1.57. The first kappa shape index (κ1) is 22.7. The number of benzene rings is 3. The Bertz CT molecular complexity index is 1440. The molecule has 6 heteroatoms. The molecule has 0 unspecified atom stereocenters. The fourth-order valence-corrected chi connectivity index (χ4v) is 5.43. The lowest BCUT2D eigenvalue weighted by molar-refractivity contribution is -0.121. The summed E-state index contributed by atoms with van der Waals surface area (Å²) in [4.78, 5) is 12.7. The van der Waals surface area contributed by atoms with Gasteiger partial charge in [0.2, 0.25) is 12.7 Å². The second-order valence-corrected chi connectivity index (χ2v) is 9.71. The van der Waals surface area contributed by atoms with Gasteiger partial charge in [-0.3, -0.25) is 4.79 Å². The second-order valence-electron chi connectivity index (χ2n) is 9.27. The summed E-state index contributed by atoms with van der Waals surface area (Å²) in [5, 5.41) is 3.78. The third-order valence-corrected chi connectivity index (χ3v) is 7.17. The van der Waals surface area contributed by atoms with Crippen LogP contribution in [0.25, 0.3) is 16.9 Å². The number of amides is 1. The maximum absolute atomic E-state index is 12.7. The third-order valence-electron chi connectivity index (χ3n) is 6.94. The van der Waals surface area contributed by atoms with E-state index in [0.717, 1.165) is 47.7 Å². The van der Waals surface area contributed by atoms with Gasteiger partial charge in [-0.15, -0.1) is 0 Å². The van der Waals surface area contributed by atoms with Crippen LogP contribution < -0.4 is 14.8 Å². The van der Waals surface area contributed by atoms with E-state index in [9.17, 15) is 4.79 Å². The lowest BCUT2D eigenvalue weighted by Crippen LogP contribution is -2.26. The Morgan fingerprint density at radius 1 is 0.889 bits per heavy atom. The minimum atomic E-state index is 0.0498. The van der Waals surface area contributed by atoms with Crippen LogP contribution in [-0.4, -0.2) is 23.8 Å². The quantitative estimate of drug-likeness (QED) is 0.344. The monoisotopic (exact) mass is 498 g/mol. The highest BCUT2D eigenvalue weighted by atomic mass is 35.5. The zero-order valence-corrected chi connectivity index (χ0v) is 20.7. The normalized spacial score (nSPS) is 13.2. The van der Waals surface area contributed by atoms with Crippen molar-refractivity contribution in [1.29, 1.82) is 0 Å².